The van der Waals surface area contributed by atoms with E-state index in [1.165, 1.54) is 0 Å². The first-order valence-electron chi connectivity index (χ1n) is 3.55. The van der Waals surface area contributed by atoms with Gasteiger partial charge in [-0.3, -0.25) is 0 Å². The van der Waals surface area contributed by atoms with Crippen molar-refractivity contribution in [3.63, 3.8) is 0 Å². The van der Waals surface area contributed by atoms with Crippen LogP contribution in [0, 0.1) is 0 Å². The monoisotopic (exact) mass is 127 g/mol. The maximum atomic E-state index is 5.95. The van der Waals surface area contributed by atoms with E-state index in [2.05, 4.69) is 6.92 Å². The quantitative estimate of drug-likeness (QED) is 0.518. The van der Waals surface area contributed by atoms with Crippen LogP contribution < -0.4 is 5.73 Å². The highest BCUT2D eigenvalue weighted by molar-refractivity contribution is 5.09. The van der Waals surface area contributed by atoms with Crippen molar-refractivity contribution in [3.05, 3.63) is 0 Å². The summed E-state index contributed by atoms with van der Waals surface area (Å²) >= 11 is 0. The van der Waals surface area contributed by atoms with E-state index in [0.717, 1.165) is 25.9 Å². The molecule has 1 saturated carbocycles. The molecule has 0 unspecified atom stereocenters. The van der Waals surface area contributed by atoms with E-state index >= 15 is 0 Å². The summed E-state index contributed by atoms with van der Waals surface area (Å²) in [6.07, 6.45) is 3.20. The molecule has 1 aliphatic carbocycles. The lowest BCUT2D eigenvalue weighted by molar-refractivity contribution is -0.176. The van der Waals surface area contributed by atoms with Gasteiger partial charge >= 0.3 is 0 Å². The Balaban J connectivity index is 2.12. The second-order valence-electron chi connectivity index (χ2n) is 3.76. The van der Waals surface area contributed by atoms with Crippen LogP contribution in [0.3, 0.4) is 0 Å². The largest absolute Gasteiger partial charge is 0.375 e. The second kappa shape index (κ2) is 1.32. The van der Waals surface area contributed by atoms with Crippen molar-refractivity contribution in [2.45, 2.75) is 37.3 Å². The van der Waals surface area contributed by atoms with Gasteiger partial charge in [-0.05, 0) is 26.2 Å². The fourth-order valence-corrected chi connectivity index (χ4v) is 2.22. The predicted octanol–water partition coefficient (Wildman–Crippen LogP) is 0.657. The number of fused-ring (bicyclic) bond motifs is 2. The minimum atomic E-state index is 0.160. The SMILES string of the molecule is CC12CC(N)(CCO1)C2. The molecule has 3 fully saturated rings. The van der Waals surface area contributed by atoms with Crippen LogP contribution in [0.25, 0.3) is 0 Å². The van der Waals surface area contributed by atoms with E-state index in [1.54, 1.807) is 0 Å². The normalized spacial score (nSPS) is 56.7. The number of rotatable bonds is 0. The Morgan fingerprint density at radius 2 is 2.11 bits per heavy atom. The van der Waals surface area contributed by atoms with Gasteiger partial charge in [0.25, 0.3) is 0 Å². The van der Waals surface area contributed by atoms with E-state index in [0.29, 0.717) is 0 Å². The van der Waals surface area contributed by atoms with Gasteiger partial charge < -0.3 is 10.5 Å². The minimum absolute atomic E-state index is 0.160. The second-order valence-corrected chi connectivity index (χ2v) is 3.76. The number of nitrogens with two attached hydrogens (primary N) is 1. The lowest BCUT2D eigenvalue weighted by Crippen LogP contribution is -2.66. The van der Waals surface area contributed by atoms with Gasteiger partial charge in [0.15, 0.2) is 0 Å². The molecule has 2 saturated heterocycles. The highest BCUT2D eigenvalue weighted by Crippen LogP contribution is 2.47. The highest BCUT2D eigenvalue weighted by Gasteiger charge is 2.53. The van der Waals surface area contributed by atoms with Crippen molar-refractivity contribution in [1.82, 2.24) is 0 Å². The van der Waals surface area contributed by atoms with E-state index in [9.17, 15) is 0 Å². The first-order chi connectivity index (χ1) is 4.12. The summed E-state index contributed by atoms with van der Waals surface area (Å²) in [6.45, 7) is 3.02. The fraction of sp³-hybridized carbons (Fsp3) is 1.00. The van der Waals surface area contributed by atoms with Gasteiger partial charge in [0, 0.05) is 12.1 Å². The highest BCUT2D eigenvalue weighted by atomic mass is 16.5. The Bertz CT molecular complexity index is 124. The summed E-state index contributed by atoms with van der Waals surface area (Å²) < 4.78 is 5.52. The average molecular weight is 127 g/mol. The van der Waals surface area contributed by atoms with Crippen LogP contribution in [-0.4, -0.2) is 17.7 Å². The van der Waals surface area contributed by atoms with Gasteiger partial charge in [0.1, 0.15) is 0 Å². The Morgan fingerprint density at radius 1 is 1.44 bits per heavy atom. The molecule has 3 aliphatic rings. The summed E-state index contributed by atoms with van der Waals surface area (Å²) in [5.41, 5.74) is 6.27. The molecule has 0 aromatic heterocycles. The molecular weight excluding hydrogens is 114 g/mol. The Kier molecular flexibility index (Phi) is 0.837. The Hall–Kier alpha value is -0.0800. The maximum absolute atomic E-state index is 5.95. The topological polar surface area (TPSA) is 35.2 Å². The summed E-state index contributed by atoms with van der Waals surface area (Å²) in [5.74, 6) is 0. The summed E-state index contributed by atoms with van der Waals surface area (Å²) in [6, 6.07) is 0. The average Bonchev–Trinajstić information content (AvgIpc) is 1.59. The van der Waals surface area contributed by atoms with Crippen LogP contribution in [0.2, 0.25) is 0 Å². The molecule has 2 aliphatic heterocycles. The molecule has 2 heterocycles. The molecule has 2 nitrogen and oxygen atoms in total. The molecule has 52 valence electrons. The van der Waals surface area contributed by atoms with Gasteiger partial charge in [-0.2, -0.15) is 0 Å². The molecule has 3 rings (SSSR count). The maximum Gasteiger partial charge on any atom is 0.0689 e. The van der Waals surface area contributed by atoms with Crippen molar-refractivity contribution >= 4 is 0 Å². The van der Waals surface area contributed by atoms with E-state index in [1.807, 2.05) is 0 Å². The predicted molar refractivity (Wildman–Crippen MR) is 35.1 cm³/mol. The lowest BCUT2D eigenvalue weighted by atomic mass is 9.63. The number of ether oxygens (including phenoxy) is 1. The number of hydrogen-bond donors (Lipinski definition) is 1. The smallest absolute Gasteiger partial charge is 0.0689 e. The molecule has 2 bridgehead atoms. The van der Waals surface area contributed by atoms with Gasteiger partial charge in [-0.1, -0.05) is 0 Å². The van der Waals surface area contributed by atoms with Gasteiger partial charge in [0.05, 0.1) is 5.60 Å². The first-order valence-corrected chi connectivity index (χ1v) is 3.55. The molecule has 0 amide bonds. The first kappa shape index (κ1) is 5.69. The molecule has 0 atom stereocenters. The van der Waals surface area contributed by atoms with Crippen molar-refractivity contribution in [3.8, 4) is 0 Å². The molecule has 2 heteroatoms. The summed E-state index contributed by atoms with van der Waals surface area (Å²) in [7, 11) is 0. The lowest BCUT2D eigenvalue weighted by Gasteiger charge is -2.56. The Morgan fingerprint density at radius 3 is 2.44 bits per heavy atom. The molecule has 0 radical (unpaired) electrons. The zero-order chi connectivity index (χ0) is 6.54. The standard InChI is InChI=1S/C7H13NO/c1-6-4-7(8,5-6)2-3-9-6/h2-5,8H2,1H3. The van der Waals surface area contributed by atoms with Gasteiger partial charge in [0.2, 0.25) is 0 Å². The van der Waals surface area contributed by atoms with Crippen molar-refractivity contribution in [1.29, 1.82) is 0 Å². The van der Waals surface area contributed by atoms with Gasteiger partial charge in [-0.25, -0.2) is 0 Å². The van der Waals surface area contributed by atoms with E-state index in [4.69, 9.17) is 10.5 Å². The zero-order valence-corrected chi connectivity index (χ0v) is 5.81. The number of hydrogen-bond acceptors (Lipinski definition) is 2. The fourth-order valence-electron chi connectivity index (χ4n) is 2.22. The minimum Gasteiger partial charge on any atom is -0.375 e. The van der Waals surface area contributed by atoms with Crippen molar-refractivity contribution in [2.75, 3.05) is 6.61 Å². The van der Waals surface area contributed by atoms with Crippen LogP contribution >= 0.6 is 0 Å². The third-order valence-electron chi connectivity index (χ3n) is 2.50. The van der Waals surface area contributed by atoms with Crippen LogP contribution in [-0.2, 0) is 4.74 Å². The van der Waals surface area contributed by atoms with Crippen molar-refractivity contribution in [2.24, 2.45) is 5.73 Å². The third kappa shape index (κ3) is 0.700. The molecular formula is C7H13NO. The molecule has 0 aromatic carbocycles. The third-order valence-corrected chi connectivity index (χ3v) is 2.50. The van der Waals surface area contributed by atoms with Crippen LogP contribution in [0.15, 0.2) is 0 Å². The Labute approximate surface area is 55.4 Å². The van der Waals surface area contributed by atoms with E-state index in [-0.39, 0.29) is 11.1 Å². The molecule has 9 heavy (non-hydrogen) atoms. The zero-order valence-electron chi connectivity index (χ0n) is 5.81. The van der Waals surface area contributed by atoms with E-state index < -0.39 is 0 Å². The van der Waals surface area contributed by atoms with Crippen LogP contribution in [0.4, 0.5) is 0 Å². The summed E-state index contributed by atoms with van der Waals surface area (Å²) in [5, 5.41) is 0. The van der Waals surface area contributed by atoms with Gasteiger partial charge in [-0.15, -0.1) is 0 Å². The molecule has 0 spiro atoms. The molecule has 0 aromatic rings. The van der Waals surface area contributed by atoms with Crippen molar-refractivity contribution < 1.29 is 4.74 Å². The molecule has 2 N–H and O–H groups in total. The summed E-state index contributed by atoms with van der Waals surface area (Å²) in [4.78, 5) is 0. The van der Waals surface area contributed by atoms with Crippen LogP contribution in [0.5, 0.6) is 0 Å². The van der Waals surface area contributed by atoms with Crippen LogP contribution in [0.1, 0.15) is 26.2 Å².